The van der Waals surface area contributed by atoms with Crippen LogP contribution >= 0.6 is 0 Å². The van der Waals surface area contributed by atoms with E-state index in [9.17, 15) is 19.2 Å². The van der Waals surface area contributed by atoms with Gasteiger partial charge in [-0.15, -0.1) is 0 Å². The molecule has 1 aromatic carbocycles. The third kappa shape index (κ3) is 4.25. The standard InChI is InChI=1S/C19H24N4O6/c1-3-4-7-20-17(26)21-15(24)11-23-16(25)19(2,22-18(23)27)12-5-6-13-14(10-12)29-9-8-28-13/h5-6,10H,3-4,7-9,11H2,1-2H3,(H,22,27)(H2,20,21,24,26)/t19-/m0/s1. The molecule has 1 atom stereocenters. The molecule has 1 fully saturated rings. The first-order valence-electron chi connectivity index (χ1n) is 9.47. The highest BCUT2D eigenvalue weighted by Crippen LogP contribution is 2.36. The average molecular weight is 404 g/mol. The molecule has 10 nitrogen and oxygen atoms in total. The van der Waals surface area contributed by atoms with Crippen LogP contribution in [0.1, 0.15) is 32.3 Å². The lowest BCUT2D eigenvalue weighted by molar-refractivity contribution is -0.134. The molecule has 0 aromatic heterocycles. The number of imide groups is 2. The maximum atomic E-state index is 12.9. The summed E-state index contributed by atoms with van der Waals surface area (Å²) in [5, 5.41) is 7.26. The highest BCUT2D eigenvalue weighted by atomic mass is 16.6. The van der Waals surface area contributed by atoms with E-state index in [-0.39, 0.29) is 0 Å². The van der Waals surface area contributed by atoms with E-state index >= 15 is 0 Å². The van der Waals surface area contributed by atoms with Gasteiger partial charge in [0.15, 0.2) is 11.5 Å². The molecule has 3 N–H and O–H groups in total. The molecule has 3 rings (SSSR count). The molecule has 29 heavy (non-hydrogen) atoms. The van der Waals surface area contributed by atoms with Gasteiger partial charge in [-0.2, -0.15) is 0 Å². The van der Waals surface area contributed by atoms with Crippen LogP contribution in [0.4, 0.5) is 9.59 Å². The lowest BCUT2D eigenvalue weighted by Crippen LogP contribution is -2.47. The Kier molecular flexibility index (Phi) is 5.90. The minimum Gasteiger partial charge on any atom is -0.486 e. The average Bonchev–Trinajstić information content (AvgIpc) is 2.91. The van der Waals surface area contributed by atoms with Gasteiger partial charge in [0, 0.05) is 6.54 Å². The normalized spacial score (nSPS) is 20.3. The fourth-order valence-electron chi connectivity index (χ4n) is 3.12. The number of hydrogen-bond donors (Lipinski definition) is 3. The molecule has 156 valence electrons. The van der Waals surface area contributed by atoms with Crippen molar-refractivity contribution in [2.45, 2.75) is 32.2 Å². The van der Waals surface area contributed by atoms with Crippen LogP contribution in [0, 0.1) is 0 Å². The number of urea groups is 2. The Morgan fingerprint density at radius 3 is 2.66 bits per heavy atom. The van der Waals surface area contributed by atoms with Crippen LogP contribution in [-0.4, -0.2) is 55.1 Å². The number of nitrogens with one attached hydrogen (secondary N) is 3. The van der Waals surface area contributed by atoms with E-state index in [0.29, 0.717) is 36.8 Å². The number of rotatable bonds is 6. The minimum absolute atomic E-state index is 0.389. The Morgan fingerprint density at radius 1 is 1.21 bits per heavy atom. The predicted octanol–water partition coefficient (Wildman–Crippen LogP) is 0.851. The molecule has 0 bridgehead atoms. The number of carbonyl (C=O) groups is 4. The smallest absolute Gasteiger partial charge is 0.325 e. The molecule has 0 aliphatic carbocycles. The maximum Gasteiger partial charge on any atom is 0.325 e. The van der Waals surface area contributed by atoms with Gasteiger partial charge >= 0.3 is 12.1 Å². The van der Waals surface area contributed by atoms with Gasteiger partial charge in [0.1, 0.15) is 25.3 Å². The quantitative estimate of drug-likeness (QED) is 0.477. The topological polar surface area (TPSA) is 126 Å². The number of amides is 6. The molecule has 1 saturated heterocycles. The molecule has 2 aliphatic rings. The van der Waals surface area contributed by atoms with Gasteiger partial charge in [0.2, 0.25) is 5.91 Å². The second kappa shape index (κ2) is 8.38. The van der Waals surface area contributed by atoms with E-state index in [0.717, 1.165) is 17.7 Å². The first-order chi connectivity index (χ1) is 13.8. The molecule has 0 radical (unpaired) electrons. The van der Waals surface area contributed by atoms with Crippen LogP contribution in [0.5, 0.6) is 11.5 Å². The van der Waals surface area contributed by atoms with Crippen molar-refractivity contribution < 1.29 is 28.7 Å². The van der Waals surface area contributed by atoms with Crippen molar-refractivity contribution in [1.82, 2.24) is 20.9 Å². The SMILES string of the molecule is CCCCNC(=O)NC(=O)CN1C(=O)N[C@@](C)(c2ccc3c(c2)OCCO3)C1=O. The van der Waals surface area contributed by atoms with Gasteiger partial charge in [-0.05, 0) is 31.0 Å². The highest BCUT2D eigenvalue weighted by Gasteiger charge is 2.49. The van der Waals surface area contributed by atoms with Crippen molar-refractivity contribution in [2.24, 2.45) is 0 Å². The lowest BCUT2D eigenvalue weighted by Gasteiger charge is -2.25. The number of nitrogens with zero attached hydrogens (tertiary/aromatic N) is 1. The zero-order valence-corrected chi connectivity index (χ0v) is 16.4. The summed E-state index contributed by atoms with van der Waals surface area (Å²) in [4.78, 5) is 49.8. The molecule has 2 aliphatic heterocycles. The molecular weight excluding hydrogens is 380 g/mol. The van der Waals surface area contributed by atoms with Gasteiger partial charge in [-0.25, -0.2) is 9.59 Å². The minimum atomic E-state index is -1.36. The molecule has 1 aromatic rings. The second-order valence-electron chi connectivity index (χ2n) is 6.96. The number of fused-ring (bicyclic) bond motifs is 1. The van der Waals surface area contributed by atoms with Crippen molar-refractivity contribution in [1.29, 1.82) is 0 Å². The highest BCUT2D eigenvalue weighted by molar-refractivity contribution is 6.10. The van der Waals surface area contributed by atoms with Crippen LogP contribution in [0.15, 0.2) is 18.2 Å². The molecule has 10 heteroatoms. The second-order valence-corrected chi connectivity index (χ2v) is 6.96. The number of hydrogen-bond acceptors (Lipinski definition) is 6. The van der Waals surface area contributed by atoms with Crippen LogP contribution in [-0.2, 0) is 15.1 Å². The van der Waals surface area contributed by atoms with E-state index in [2.05, 4.69) is 16.0 Å². The van der Waals surface area contributed by atoms with Gasteiger partial charge in [0.25, 0.3) is 5.91 Å². The maximum absolute atomic E-state index is 12.9. The number of unbranched alkanes of at least 4 members (excludes halogenated alkanes) is 1. The van der Waals surface area contributed by atoms with Gasteiger partial charge in [0.05, 0.1) is 0 Å². The molecule has 2 heterocycles. The fourth-order valence-corrected chi connectivity index (χ4v) is 3.12. The van der Waals surface area contributed by atoms with Crippen LogP contribution in [0.2, 0.25) is 0 Å². The Balaban J connectivity index is 1.67. The van der Waals surface area contributed by atoms with Gasteiger partial charge in [-0.1, -0.05) is 19.4 Å². The van der Waals surface area contributed by atoms with E-state index in [1.54, 1.807) is 25.1 Å². The zero-order valence-electron chi connectivity index (χ0n) is 16.4. The zero-order chi connectivity index (χ0) is 21.0. The van der Waals surface area contributed by atoms with Crippen molar-refractivity contribution >= 4 is 23.9 Å². The summed E-state index contributed by atoms with van der Waals surface area (Å²) in [6.07, 6.45) is 1.68. The first kappa shape index (κ1) is 20.4. The van der Waals surface area contributed by atoms with E-state index in [1.807, 2.05) is 6.92 Å². The fraction of sp³-hybridized carbons (Fsp3) is 0.474. The largest absolute Gasteiger partial charge is 0.486 e. The Labute approximate surface area is 167 Å². The molecule has 0 spiro atoms. The lowest BCUT2D eigenvalue weighted by atomic mass is 9.91. The third-order valence-electron chi connectivity index (χ3n) is 4.77. The van der Waals surface area contributed by atoms with E-state index < -0.39 is 36.0 Å². The van der Waals surface area contributed by atoms with Crippen LogP contribution in [0.3, 0.4) is 0 Å². The van der Waals surface area contributed by atoms with Gasteiger partial charge in [-0.3, -0.25) is 19.8 Å². The summed E-state index contributed by atoms with van der Waals surface area (Å²) in [7, 11) is 0. The molecule has 6 amide bonds. The van der Waals surface area contributed by atoms with E-state index in [4.69, 9.17) is 9.47 Å². The summed E-state index contributed by atoms with van der Waals surface area (Å²) < 4.78 is 11.0. The van der Waals surface area contributed by atoms with Gasteiger partial charge < -0.3 is 20.1 Å². The van der Waals surface area contributed by atoms with Crippen molar-refractivity contribution in [3.05, 3.63) is 23.8 Å². The summed E-state index contributed by atoms with van der Waals surface area (Å²) in [5.74, 6) is -0.308. The van der Waals surface area contributed by atoms with Crippen LogP contribution in [0.25, 0.3) is 0 Å². The number of carbonyl (C=O) groups excluding carboxylic acids is 4. The summed E-state index contributed by atoms with van der Waals surface area (Å²) in [6.45, 7) is 4.22. The predicted molar refractivity (Wildman–Crippen MR) is 101 cm³/mol. The van der Waals surface area contributed by atoms with Crippen molar-refractivity contribution in [2.75, 3.05) is 26.3 Å². The summed E-state index contributed by atoms with van der Waals surface area (Å²) in [6, 6.07) is 3.59. The Morgan fingerprint density at radius 2 is 1.93 bits per heavy atom. The number of benzene rings is 1. The molecule has 0 saturated carbocycles. The molecule has 0 unspecified atom stereocenters. The molecular formula is C19H24N4O6. The first-order valence-corrected chi connectivity index (χ1v) is 9.47. The monoisotopic (exact) mass is 404 g/mol. The number of ether oxygens (including phenoxy) is 2. The third-order valence-corrected chi connectivity index (χ3v) is 4.77. The van der Waals surface area contributed by atoms with Crippen molar-refractivity contribution in [3.8, 4) is 11.5 Å². The van der Waals surface area contributed by atoms with E-state index in [1.165, 1.54) is 0 Å². The Bertz CT molecular complexity index is 842. The summed E-state index contributed by atoms with van der Waals surface area (Å²) >= 11 is 0. The van der Waals surface area contributed by atoms with Crippen LogP contribution < -0.4 is 25.4 Å². The summed E-state index contributed by atoms with van der Waals surface area (Å²) in [5.41, 5.74) is -0.864. The van der Waals surface area contributed by atoms with Crippen molar-refractivity contribution in [3.63, 3.8) is 0 Å². The Hall–Kier alpha value is -3.30.